The van der Waals surface area contributed by atoms with E-state index < -0.39 is 5.97 Å². The van der Waals surface area contributed by atoms with Gasteiger partial charge < -0.3 is 9.90 Å². The smallest absolute Gasteiger partial charge is 0.166 e. The number of rotatable bonds is 7. The van der Waals surface area contributed by atoms with E-state index in [0.717, 1.165) is 0 Å². The fourth-order valence-corrected chi connectivity index (χ4v) is 9.19. The molecule has 9 rings (SSSR count). The van der Waals surface area contributed by atoms with Gasteiger partial charge in [-0.2, -0.15) is 0 Å². The zero-order chi connectivity index (χ0) is 36.9. The minimum absolute atomic E-state index is 0.111. The summed E-state index contributed by atoms with van der Waals surface area (Å²) in [6.45, 7) is 1.54. The Morgan fingerprint density at radius 2 is 0.648 bits per heavy atom. The molecule has 0 saturated heterocycles. The van der Waals surface area contributed by atoms with Crippen LogP contribution >= 0.6 is 0 Å². The Hall–Kier alpha value is -6.42. The summed E-state index contributed by atoms with van der Waals surface area (Å²) in [5, 5.41) is 16.9. The molecule has 2 nitrogen and oxygen atoms in total. The Kier molecular flexibility index (Phi) is 10.1. The molecule has 0 bridgehead atoms. The van der Waals surface area contributed by atoms with Crippen molar-refractivity contribution in [2.45, 2.75) is 28.0 Å². The Bertz CT molecular complexity index is 2410. The molecule has 0 aliphatic rings. The van der Waals surface area contributed by atoms with Crippen LogP contribution in [0.3, 0.4) is 0 Å². The first-order valence-electron chi connectivity index (χ1n) is 18.3. The number of aliphatic carboxylic acids is 1. The van der Waals surface area contributed by atoms with Gasteiger partial charge in [0, 0.05) is 5.97 Å². The number of carbonyl (C=O) groups excluding carboxylic acids is 1. The van der Waals surface area contributed by atoms with Crippen molar-refractivity contribution in [3.05, 3.63) is 200 Å². The van der Waals surface area contributed by atoms with Crippen LogP contribution in [0, 0.1) is 0 Å². The summed E-state index contributed by atoms with van der Waals surface area (Å²) in [6, 6.07) is 73.4. The minimum Gasteiger partial charge on any atom is -0.550 e. The molecule has 0 N–H and O–H groups in total. The first-order valence-corrected chi connectivity index (χ1v) is 19.5. The predicted octanol–water partition coefficient (Wildman–Crippen LogP) is 12.4. The van der Waals surface area contributed by atoms with E-state index in [1.165, 1.54) is 87.3 Å². The highest BCUT2D eigenvalue weighted by Crippen LogP contribution is 2.38. The summed E-state index contributed by atoms with van der Waals surface area (Å²) in [4.78, 5) is 13.2. The van der Waals surface area contributed by atoms with E-state index in [9.17, 15) is 9.90 Å². The average Bonchev–Trinajstić information content (AvgIpc) is 3.24. The van der Waals surface area contributed by atoms with Crippen molar-refractivity contribution in [2.75, 3.05) is 0 Å². The van der Waals surface area contributed by atoms with Crippen molar-refractivity contribution in [2.24, 2.45) is 0 Å². The summed E-state index contributed by atoms with van der Waals surface area (Å²) in [7, 11) is -0.290. The Labute approximate surface area is 319 Å². The highest BCUT2D eigenvalue weighted by molar-refractivity contribution is 7.97. The molecule has 0 spiro atoms. The molecule has 0 amide bonds. The lowest BCUT2D eigenvalue weighted by molar-refractivity contribution is -0.305. The maximum Gasteiger partial charge on any atom is 0.166 e. The van der Waals surface area contributed by atoms with Gasteiger partial charge in [-0.25, -0.2) is 0 Å². The molecular formula is C51H38O2S. The van der Waals surface area contributed by atoms with Crippen LogP contribution in [0.5, 0.6) is 0 Å². The van der Waals surface area contributed by atoms with Crippen LogP contribution in [0.1, 0.15) is 13.3 Å². The monoisotopic (exact) mass is 714 g/mol. The van der Waals surface area contributed by atoms with Gasteiger partial charge in [-0.15, -0.1) is 0 Å². The van der Waals surface area contributed by atoms with Crippen molar-refractivity contribution in [3.8, 4) is 33.4 Å². The van der Waals surface area contributed by atoms with Gasteiger partial charge in [-0.1, -0.05) is 134 Å². The van der Waals surface area contributed by atoms with E-state index in [0.29, 0.717) is 0 Å². The Morgan fingerprint density at radius 1 is 0.389 bits per heavy atom. The molecule has 0 atom stereocenters. The van der Waals surface area contributed by atoms with Crippen molar-refractivity contribution in [1.82, 2.24) is 0 Å². The van der Waals surface area contributed by atoms with Crippen molar-refractivity contribution in [1.29, 1.82) is 0 Å². The van der Waals surface area contributed by atoms with Crippen molar-refractivity contribution in [3.63, 3.8) is 0 Å². The van der Waals surface area contributed by atoms with Gasteiger partial charge >= 0.3 is 0 Å². The average molecular weight is 715 g/mol. The van der Waals surface area contributed by atoms with Crippen molar-refractivity contribution < 1.29 is 9.90 Å². The summed E-state index contributed by atoms with van der Waals surface area (Å²) in [5.74, 6) is -0.995. The summed E-state index contributed by atoms with van der Waals surface area (Å²) >= 11 is 0. The van der Waals surface area contributed by atoms with Crippen molar-refractivity contribution >= 4 is 49.2 Å². The third kappa shape index (κ3) is 7.15. The van der Waals surface area contributed by atoms with Crippen LogP contribution in [0.2, 0.25) is 0 Å². The molecule has 0 aromatic heterocycles. The van der Waals surface area contributed by atoms with E-state index >= 15 is 0 Å². The van der Waals surface area contributed by atoms with E-state index in [2.05, 4.69) is 200 Å². The van der Waals surface area contributed by atoms with E-state index in [-0.39, 0.29) is 17.3 Å². The molecule has 9 aromatic rings. The number of benzene rings is 9. The topological polar surface area (TPSA) is 40.1 Å². The number of hydrogen-bond donors (Lipinski definition) is 0. The molecule has 9 aromatic carbocycles. The van der Waals surface area contributed by atoms with Gasteiger partial charge in [0.25, 0.3) is 0 Å². The molecule has 0 radical (unpaired) electrons. The first kappa shape index (κ1) is 34.7. The second kappa shape index (κ2) is 15.7. The van der Waals surface area contributed by atoms with Crippen LogP contribution < -0.4 is 5.11 Å². The summed E-state index contributed by atoms with van der Waals surface area (Å²) < 4.78 is 0. The largest absolute Gasteiger partial charge is 0.550 e. The van der Waals surface area contributed by atoms with Gasteiger partial charge in [-0.3, -0.25) is 0 Å². The lowest BCUT2D eigenvalue weighted by atomic mass is 9.98. The number of carboxylic acids is 1. The minimum atomic E-state index is -0.995. The molecule has 260 valence electrons. The van der Waals surface area contributed by atoms with Gasteiger partial charge in [0.2, 0.25) is 0 Å². The Balaban J connectivity index is 0.000000778. The van der Waals surface area contributed by atoms with Crippen LogP contribution in [0.4, 0.5) is 0 Å². The summed E-state index contributed by atoms with van der Waals surface area (Å²) in [6.07, 6.45) is 0.111. The van der Waals surface area contributed by atoms with E-state index in [1.54, 1.807) is 0 Å². The maximum absolute atomic E-state index is 9.26. The summed E-state index contributed by atoms with van der Waals surface area (Å²) in [5.41, 5.74) is 7.51. The van der Waals surface area contributed by atoms with Gasteiger partial charge in [0.15, 0.2) is 14.7 Å². The fraction of sp³-hybridized carbons (Fsp3) is 0.0392. The molecular weight excluding hydrogens is 677 g/mol. The second-order valence-corrected chi connectivity index (χ2v) is 15.2. The molecule has 0 unspecified atom stereocenters. The lowest BCUT2D eigenvalue weighted by Crippen LogP contribution is -2.19. The Morgan fingerprint density at radius 3 is 0.926 bits per heavy atom. The lowest BCUT2D eigenvalue weighted by Gasteiger charge is -2.12. The first-order chi connectivity index (χ1) is 26.6. The zero-order valence-corrected chi connectivity index (χ0v) is 30.8. The van der Waals surface area contributed by atoms with Gasteiger partial charge in [0.1, 0.15) is 0 Å². The normalized spacial score (nSPS) is 11.1. The molecule has 0 aliphatic heterocycles. The SMILES string of the molecule is CCC(=O)[O-].c1ccc2c(-c3ccc([S+](c4ccc(-c5cccc6ccccc56)cc4)c4ccc(-c5cccc6ccccc56)cc4)cc3)cccc2c1. The molecule has 0 saturated carbocycles. The van der Waals surface area contributed by atoms with Crippen LogP contribution in [0.15, 0.2) is 215 Å². The number of carbonyl (C=O) groups is 1. The van der Waals surface area contributed by atoms with E-state index in [1.807, 2.05) is 0 Å². The molecule has 0 fully saturated rings. The number of fused-ring (bicyclic) bond motifs is 3. The standard InChI is InChI=1S/C48H33S.C3H6O2/c1-4-16-43-34(10-1)13-7-19-46(43)37-22-28-40(29-23-37)49(41-30-24-38(25-31-41)47-20-8-14-35-11-2-5-17-44(35)47)42-32-26-39(27-33-42)48-21-9-15-36-12-3-6-18-45(36)48;1-2-3(4)5/h1-33H;2H2,1H3,(H,4,5)/q+1;/p-1. The number of hydrogen-bond acceptors (Lipinski definition) is 2. The van der Waals surface area contributed by atoms with Gasteiger partial charge in [-0.05, 0) is 145 Å². The van der Waals surface area contributed by atoms with Crippen LogP contribution in [-0.4, -0.2) is 5.97 Å². The number of carboxylic acid groups (broad SMARTS) is 1. The zero-order valence-electron chi connectivity index (χ0n) is 30.0. The predicted molar refractivity (Wildman–Crippen MR) is 226 cm³/mol. The fourth-order valence-electron chi connectivity index (χ4n) is 7.15. The van der Waals surface area contributed by atoms with E-state index in [4.69, 9.17) is 0 Å². The molecule has 0 heterocycles. The molecule has 54 heavy (non-hydrogen) atoms. The second-order valence-electron chi connectivity index (χ2n) is 13.2. The van der Waals surface area contributed by atoms with Crippen LogP contribution in [0.25, 0.3) is 65.7 Å². The van der Waals surface area contributed by atoms with Crippen LogP contribution in [-0.2, 0) is 15.7 Å². The molecule has 3 heteroatoms. The highest BCUT2D eigenvalue weighted by Gasteiger charge is 2.29. The highest BCUT2D eigenvalue weighted by atomic mass is 32.2. The quantitative estimate of drug-likeness (QED) is 0.154. The maximum atomic E-state index is 9.26. The third-order valence-electron chi connectivity index (χ3n) is 9.86. The molecule has 0 aliphatic carbocycles. The van der Waals surface area contributed by atoms with Gasteiger partial charge in [0.05, 0.1) is 10.9 Å². The third-order valence-corrected chi connectivity index (χ3v) is 12.1.